The number of halogens is 5. The third kappa shape index (κ3) is 23.2. The molecule has 0 heterocycles. The number of methoxy groups -OCH3 is 1. The van der Waals surface area contributed by atoms with Crippen molar-refractivity contribution >= 4 is 23.9 Å². The molecule has 5 aromatic carbocycles. The summed E-state index contributed by atoms with van der Waals surface area (Å²) in [6.45, 7) is 22.8. The van der Waals surface area contributed by atoms with E-state index in [9.17, 15) is 41.1 Å². The lowest BCUT2D eigenvalue weighted by Crippen LogP contribution is -2.33. The average Bonchev–Trinajstić information content (AvgIpc) is 3.39. The number of alkyl carbamates (subject to hydrolysis) is 1. The molecule has 3 N–H and O–H groups in total. The molecule has 74 heavy (non-hydrogen) atoms. The maximum absolute atomic E-state index is 13.5. The van der Waals surface area contributed by atoms with Crippen molar-refractivity contribution in [2.24, 2.45) is 0 Å². The molecule has 2 amide bonds. The Morgan fingerprint density at radius 1 is 0.541 bits per heavy atom. The van der Waals surface area contributed by atoms with Crippen LogP contribution < -0.4 is 34.3 Å². The lowest BCUT2D eigenvalue weighted by atomic mass is 10.1. The van der Waals surface area contributed by atoms with Crippen molar-refractivity contribution in [3.8, 4) is 28.7 Å². The summed E-state index contributed by atoms with van der Waals surface area (Å²) in [6, 6.07) is 26.1. The van der Waals surface area contributed by atoms with Crippen molar-refractivity contribution in [1.29, 1.82) is 0 Å². The zero-order valence-electron chi connectivity index (χ0n) is 41.4. The molecule has 396 valence electrons. The summed E-state index contributed by atoms with van der Waals surface area (Å²) in [5, 5.41) is 14.1. The van der Waals surface area contributed by atoms with E-state index in [1.54, 1.807) is 61.7 Å². The monoisotopic (exact) mass is 1030 g/mol. The van der Waals surface area contributed by atoms with E-state index in [2.05, 4.69) is 41.7 Å². The Morgan fingerprint density at radius 2 is 0.919 bits per heavy atom. The minimum absolute atomic E-state index is 0.114. The molecular formula is C55H59F5N2O12. The standard InChI is InChI=1S/C16H9F5O3.C16H23NO3.C13H17NO3.C10H10O3/c1-2-7-23-9-5-3-8(4-6-9)16(22)24-15-13(20)11(18)10(17)12(19)14(15)21;1-5-12-19-14-8-6-13(7-9-14)10-11-17-15(18)20-16(2,3)4;1-3-9-17-12-6-4-11(5-7-12)13(15)14-8-10-16-2;1-2-7-13-9-5-3-8(4-6-9)10(11)12/h2-6H,1,7H2;5-9H,1,10-12H2,2-4H3,(H,17,18);3-7H,1,8-10H2,2H3,(H,14,15);2-6H,1,7H2,(H,11,12). The van der Waals surface area contributed by atoms with E-state index in [0.29, 0.717) is 56.6 Å². The first kappa shape index (κ1) is 61.7. The molecule has 0 aliphatic carbocycles. The summed E-state index contributed by atoms with van der Waals surface area (Å²) < 4.78 is 101. The van der Waals surface area contributed by atoms with Gasteiger partial charge in [-0.05, 0) is 118 Å². The van der Waals surface area contributed by atoms with Crippen LogP contribution in [0.15, 0.2) is 148 Å². The van der Waals surface area contributed by atoms with Crippen molar-refractivity contribution in [1.82, 2.24) is 10.6 Å². The van der Waals surface area contributed by atoms with Gasteiger partial charge in [0.1, 0.15) is 55.0 Å². The number of esters is 1. The highest BCUT2D eigenvalue weighted by atomic mass is 19.2. The normalized spacial score (nSPS) is 10.1. The number of carboxylic acids is 1. The Balaban J connectivity index is 0.000000345. The summed E-state index contributed by atoms with van der Waals surface area (Å²) in [5.74, 6) is -12.7. The van der Waals surface area contributed by atoms with E-state index in [4.69, 9.17) is 33.5 Å². The van der Waals surface area contributed by atoms with Crippen LogP contribution >= 0.6 is 0 Å². The van der Waals surface area contributed by atoms with Crippen LogP contribution in [0.25, 0.3) is 0 Å². The number of hydrogen-bond acceptors (Lipinski definition) is 11. The molecular weight excluding hydrogens is 976 g/mol. The summed E-state index contributed by atoms with van der Waals surface area (Å²) in [4.78, 5) is 45.3. The topological polar surface area (TPSA) is 177 Å². The maximum Gasteiger partial charge on any atom is 0.407 e. The van der Waals surface area contributed by atoms with E-state index in [1.165, 1.54) is 42.5 Å². The highest BCUT2D eigenvalue weighted by molar-refractivity contribution is 5.94. The van der Waals surface area contributed by atoms with E-state index >= 15 is 0 Å². The molecule has 5 rings (SSSR count). The molecule has 0 atom stereocenters. The van der Waals surface area contributed by atoms with E-state index in [-0.39, 0.29) is 29.7 Å². The van der Waals surface area contributed by atoms with Crippen molar-refractivity contribution in [3.63, 3.8) is 0 Å². The lowest BCUT2D eigenvalue weighted by molar-refractivity contribution is 0.0527. The van der Waals surface area contributed by atoms with Crippen LogP contribution in [0.3, 0.4) is 0 Å². The van der Waals surface area contributed by atoms with Gasteiger partial charge in [0.25, 0.3) is 5.91 Å². The van der Waals surface area contributed by atoms with Crippen LogP contribution in [0.5, 0.6) is 28.7 Å². The number of carbonyl (C=O) groups excluding carboxylic acids is 3. The second kappa shape index (κ2) is 33.2. The molecule has 0 aromatic heterocycles. The number of aromatic carboxylic acids is 1. The first-order valence-electron chi connectivity index (χ1n) is 22.3. The van der Waals surface area contributed by atoms with Crippen LogP contribution in [-0.2, 0) is 15.9 Å². The zero-order valence-corrected chi connectivity index (χ0v) is 41.4. The van der Waals surface area contributed by atoms with Gasteiger partial charge < -0.3 is 48.9 Å². The smallest absolute Gasteiger partial charge is 0.407 e. The van der Waals surface area contributed by atoms with Gasteiger partial charge in [0.2, 0.25) is 34.8 Å². The predicted octanol–water partition coefficient (Wildman–Crippen LogP) is 11.1. The average molecular weight is 1040 g/mol. The highest BCUT2D eigenvalue weighted by Crippen LogP contribution is 2.30. The minimum Gasteiger partial charge on any atom is -0.490 e. The van der Waals surface area contributed by atoms with Gasteiger partial charge in [-0.2, -0.15) is 8.78 Å². The van der Waals surface area contributed by atoms with Crippen LogP contribution in [0.1, 0.15) is 57.4 Å². The molecule has 0 unspecified atom stereocenters. The lowest BCUT2D eigenvalue weighted by Gasteiger charge is -2.19. The van der Waals surface area contributed by atoms with Crippen molar-refractivity contribution in [3.05, 3.63) is 199 Å². The Bertz CT molecular complexity index is 2560. The fourth-order valence-electron chi connectivity index (χ4n) is 5.27. The van der Waals surface area contributed by atoms with Gasteiger partial charge in [0.15, 0.2) is 0 Å². The molecule has 0 aliphatic rings. The van der Waals surface area contributed by atoms with Gasteiger partial charge in [-0.15, -0.1) is 0 Å². The number of nitrogens with one attached hydrogen (secondary N) is 2. The Hall–Kier alpha value is -8.45. The minimum atomic E-state index is -2.34. The number of hydrogen-bond donors (Lipinski definition) is 3. The SMILES string of the molecule is C=CCOc1ccc(C(=O)NCCOC)cc1.C=CCOc1ccc(C(=O)O)cc1.C=CCOc1ccc(C(=O)Oc2c(F)c(F)c(F)c(F)c2F)cc1.C=CCOc1ccc(CCNC(=O)OC(C)(C)C)cc1. The van der Waals surface area contributed by atoms with Crippen LogP contribution in [0, 0.1) is 29.1 Å². The van der Waals surface area contributed by atoms with Gasteiger partial charge >= 0.3 is 18.0 Å². The number of carboxylic acid groups (broad SMARTS) is 1. The number of ether oxygens (including phenoxy) is 7. The number of carbonyl (C=O) groups is 4. The number of rotatable bonds is 22. The van der Waals surface area contributed by atoms with E-state index < -0.39 is 52.4 Å². The summed E-state index contributed by atoms with van der Waals surface area (Å²) in [6.07, 6.45) is 6.87. The van der Waals surface area contributed by atoms with Crippen molar-refractivity contribution < 1.29 is 79.4 Å². The molecule has 0 fully saturated rings. The molecule has 0 aliphatic heterocycles. The molecule has 0 radical (unpaired) electrons. The van der Waals surface area contributed by atoms with Gasteiger partial charge in [-0.1, -0.05) is 62.8 Å². The van der Waals surface area contributed by atoms with Crippen LogP contribution in [0.2, 0.25) is 0 Å². The third-order valence-electron chi connectivity index (χ3n) is 8.74. The molecule has 5 aromatic rings. The molecule has 0 saturated carbocycles. The first-order valence-corrected chi connectivity index (χ1v) is 22.3. The predicted molar refractivity (Wildman–Crippen MR) is 269 cm³/mol. The van der Waals surface area contributed by atoms with Crippen LogP contribution in [-0.4, -0.2) is 87.9 Å². The van der Waals surface area contributed by atoms with Gasteiger partial charge in [-0.3, -0.25) is 4.79 Å². The Morgan fingerprint density at radius 3 is 1.30 bits per heavy atom. The molecule has 0 bridgehead atoms. The van der Waals surface area contributed by atoms with Crippen LogP contribution in [0.4, 0.5) is 26.7 Å². The van der Waals surface area contributed by atoms with E-state index in [0.717, 1.165) is 23.5 Å². The second-order valence-corrected chi connectivity index (χ2v) is 15.6. The summed E-state index contributed by atoms with van der Waals surface area (Å²) in [5.41, 5.74) is 1.35. The number of benzene rings is 5. The fourth-order valence-corrected chi connectivity index (χ4v) is 5.27. The zero-order chi connectivity index (χ0) is 55.1. The second-order valence-electron chi connectivity index (χ2n) is 15.6. The largest absolute Gasteiger partial charge is 0.490 e. The molecule has 14 nitrogen and oxygen atoms in total. The fraction of sp³-hybridized carbons (Fsp3) is 0.236. The van der Waals surface area contributed by atoms with E-state index in [1.807, 2.05) is 45.0 Å². The first-order chi connectivity index (χ1) is 35.3. The van der Waals surface area contributed by atoms with Gasteiger partial charge in [-0.25, -0.2) is 27.6 Å². The highest BCUT2D eigenvalue weighted by Gasteiger charge is 2.29. The maximum atomic E-state index is 13.5. The summed E-state index contributed by atoms with van der Waals surface area (Å²) >= 11 is 0. The number of amides is 2. The molecule has 0 spiro atoms. The van der Waals surface area contributed by atoms with Gasteiger partial charge in [0, 0.05) is 25.8 Å². The summed E-state index contributed by atoms with van der Waals surface area (Å²) in [7, 11) is 1.60. The third-order valence-corrected chi connectivity index (χ3v) is 8.74. The van der Waals surface area contributed by atoms with Gasteiger partial charge in [0.05, 0.1) is 17.7 Å². The quantitative estimate of drug-likeness (QED) is 0.0114. The molecule has 19 heteroatoms. The molecule has 0 saturated heterocycles. The van der Waals surface area contributed by atoms with Crippen molar-refractivity contribution in [2.75, 3.05) is 53.2 Å². The van der Waals surface area contributed by atoms with Crippen molar-refractivity contribution in [2.45, 2.75) is 32.8 Å². The Labute approximate surface area is 426 Å². The Kier molecular flexibility index (Phi) is 27.7.